The van der Waals surface area contributed by atoms with Gasteiger partial charge in [-0.15, -0.1) is 23.4 Å². The van der Waals surface area contributed by atoms with Crippen LogP contribution in [0.3, 0.4) is 0 Å². The number of Topliss-reactive ketones (excluding diaryl/α,β-unsaturated/α-hetero) is 1. The molecule has 0 radical (unpaired) electrons. The molecule has 0 aromatic heterocycles. The summed E-state index contributed by atoms with van der Waals surface area (Å²) in [5, 5.41) is 7.68. The number of nitrogens with two attached hydrogens (primary N) is 3. The van der Waals surface area contributed by atoms with Gasteiger partial charge in [0, 0.05) is 5.75 Å². The fraction of sp³-hybridized carbons (Fsp3) is 0.324. The molecule has 0 saturated heterocycles. The van der Waals surface area contributed by atoms with Crippen molar-refractivity contribution in [2.45, 2.75) is 42.1 Å². The molecule has 0 spiro atoms. The summed E-state index contributed by atoms with van der Waals surface area (Å²) < 4.78 is -0.819. The minimum absolute atomic E-state index is 0.0444. The number of carbonyl (C=O) groups is 5. The molecule has 0 aliphatic rings. The number of hydrogen-bond acceptors (Lipinski definition) is 8. The third kappa shape index (κ3) is 10.4. The van der Waals surface area contributed by atoms with E-state index >= 15 is 0 Å². The Morgan fingerprint density at radius 1 is 0.745 bits per heavy atom. The van der Waals surface area contributed by atoms with E-state index in [2.05, 4.69) is 16.0 Å². The van der Waals surface area contributed by atoms with Gasteiger partial charge in [-0.1, -0.05) is 91.0 Å². The zero-order valence-corrected chi connectivity index (χ0v) is 27.5. The second kappa shape index (κ2) is 18.8. The molecule has 11 nitrogen and oxygen atoms in total. The van der Waals surface area contributed by atoms with E-state index in [1.54, 1.807) is 0 Å². The lowest BCUT2D eigenvalue weighted by atomic mass is 9.84. The lowest BCUT2D eigenvalue weighted by Crippen LogP contribution is -2.56. The highest BCUT2D eigenvalue weighted by molar-refractivity contribution is 8.00. The topological polar surface area (TPSA) is 200 Å². The van der Waals surface area contributed by atoms with E-state index in [1.807, 2.05) is 91.0 Å². The van der Waals surface area contributed by atoms with Gasteiger partial charge in [-0.2, -0.15) is 0 Å². The van der Waals surface area contributed by atoms with Crippen molar-refractivity contribution in [2.24, 2.45) is 17.2 Å². The molecule has 3 aromatic rings. The molecule has 13 heteroatoms. The SMILES string of the molecule is NCCCC[C@H](NC(=O)[C@H](CSC(c1ccccc1)(c1ccccc1)c1ccccc1)NC(=O)CNC(=O)[C@@H](N)C(=O)CCl)C(N)=O. The predicted molar refractivity (Wildman–Crippen MR) is 184 cm³/mol. The van der Waals surface area contributed by atoms with Crippen LogP contribution in [0.2, 0.25) is 0 Å². The Bertz CT molecular complexity index is 1390. The van der Waals surface area contributed by atoms with Crippen molar-refractivity contribution >= 4 is 52.8 Å². The molecular formula is C34H41ClN6O5S. The summed E-state index contributed by atoms with van der Waals surface area (Å²) in [6, 6.07) is 25.7. The van der Waals surface area contributed by atoms with Crippen LogP contribution >= 0.6 is 23.4 Å². The third-order valence-corrected chi connectivity index (χ3v) is 9.35. The van der Waals surface area contributed by atoms with E-state index in [0.29, 0.717) is 19.4 Å². The molecule has 0 heterocycles. The summed E-state index contributed by atoms with van der Waals surface area (Å²) in [5.41, 5.74) is 19.6. The number of halogens is 1. The number of amides is 4. The van der Waals surface area contributed by atoms with E-state index in [-0.39, 0.29) is 12.2 Å². The first-order chi connectivity index (χ1) is 22.6. The largest absolute Gasteiger partial charge is 0.368 e. The van der Waals surface area contributed by atoms with Crippen molar-refractivity contribution in [1.82, 2.24) is 16.0 Å². The van der Waals surface area contributed by atoms with Gasteiger partial charge in [-0.3, -0.25) is 24.0 Å². The summed E-state index contributed by atoms with van der Waals surface area (Å²) in [5.74, 6) is -4.07. The number of hydrogen-bond donors (Lipinski definition) is 6. The zero-order chi connectivity index (χ0) is 34.2. The van der Waals surface area contributed by atoms with Crippen LogP contribution in [0.4, 0.5) is 0 Å². The lowest BCUT2D eigenvalue weighted by Gasteiger charge is -2.36. The standard InChI is InChI=1S/C34H41ClN6O5S/c35-20-28(42)30(37)33(46)39-21-29(43)40-27(32(45)41-26(31(38)44)18-10-11-19-36)22-47-34(23-12-4-1-5-13-23,24-14-6-2-7-15-24)25-16-8-3-9-17-25/h1-9,12-17,26-27,30H,10-11,18-22,36-37H2,(H2,38,44)(H,39,46)(H,40,43)(H,41,45)/t26-,27-,30-/m0/s1. The second-order valence-electron chi connectivity index (χ2n) is 10.8. The highest BCUT2D eigenvalue weighted by atomic mass is 35.5. The Morgan fingerprint density at radius 2 is 1.26 bits per heavy atom. The summed E-state index contributed by atoms with van der Waals surface area (Å²) in [4.78, 5) is 63.2. The van der Waals surface area contributed by atoms with Crippen LogP contribution < -0.4 is 33.2 Å². The van der Waals surface area contributed by atoms with Crippen LogP contribution in [0.15, 0.2) is 91.0 Å². The number of primary amides is 1. The molecule has 0 fully saturated rings. The maximum atomic E-state index is 13.8. The summed E-state index contributed by atoms with van der Waals surface area (Å²) in [6.45, 7) is -0.144. The van der Waals surface area contributed by atoms with Crippen LogP contribution in [0.5, 0.6) is 0 Å². The lowest BCUT2D eigenvalue weighted by molar-refractivity contribution is -0.132. The molecule has 0 bridgehead atoms. The van der Waals surface area contributed by atoms with Crippen molar-refractivity contribution in [3.63, 3.8) is 0 Å². The van der Waals surface area contributed by atoms with Gasteiger partial charge in [-0.05, 0) is 42.5 Å². The van der Waals surface area contributed by atoms with Gasteiger partial charge in [-0.25, -0.2) is 0 Å². The minimum Gasteiger partial charge on any atom is -0.368 e. The Kier molecular flexibility index (Phi) is 14.9. The normalized spacial score (nSPS) is 13.1. The van der Waals surface area contributed by atoms with E-state index < -0.39 is 64.7 Å². The molecule has 0 saturated carbocycles. The Hall–Kier alpha value is -4.23. The molecule has 3 rings (SSSR count). The van der Waals surface area contributed by atoms with Gasteiger partial charge in [0.05, 0.1) is 17.2 Å². The van der Waals surface area contributed by atoms with Crippen molar-refractivity contribution in [3.05, 3.63) is 108 Å². The van der Waals surface area contributed by atoms with Crippen LogP contribution in [0, 0.1) is 0 Å². The zero-order valence-electron chi connectivity index (χ0n) is 25.9. The molecule has 9 N–H and O–H groups in total. The molecule has 3 atom stereocenters. The van der Waals surface area contributed by atoms with Gasteiger partial charge >= 0.3 is 0 Å². The first kappa shape index (κ1) is 37.2. The first-order valence-electron chi connectivity index (χ1n) is 15.2. The highest BCUT2D eigenvalue weighted by Crippen LogP contribution is 2.48. The molecule has 4 amide bonds. The number of ketones is 1. The smallest absolute Gasteiger partial charge is 0.245 e. The van der Waals surface area contributed by atoms with Gasteiger partial charge in [0.15, 0.2) is 5.78 Å². The molecule has 0 aliphatic heterocycles. The minimum atomic E-state index is -1.54. The number of thioether (sulfide) groups is 1. The fourth-order valence-electron chi connectivity index (χ4n) is 4.96. The third-order valence-electron chi connectivity index (χ3n) is 7.45. The maximum absolute atomic E-state index is 13.8. The van der Waals surface area contributed by atoms with Crippen LogP contribution in [0.1, 0.15) is 36.0 Å². The average Bonchev–Trinajstić information content (AvgIpc) is 3.10. The fourth-order valence-corrected chi connectivity index (χ4v) is 6.69. The molecule has 0 unspecified atom stereocenters. The number of carbonyl (C=O) groups excluding carboxylic acids is 5. The molecule has 250 valence electrons. The maximum Gasteiger partial charge on any atom is 0.245 e. The summed E-state index contributed by atoms with van der Waals surface area (Å²) in [7, 11) is 0. The van der Waals surface area contributed by atoms with Gasteiger partial charge in [0.25, 0.3) is 0 Å². The molecular weight excluding hydrogens is 640 g/mol. The average molecular weight is 681 g/mol. The molecule has 0 aliphatic carbocycles. The summed E-state index contributed by atoms with van der Waals surface area (Å²) >= 11 is 6.92. The number of benzene rings is 3. The van der Waals surface area contributed by atoms with E-state index in [4.69, 9.17) is 28.8 Å². The number of unbranched alkanes of at least 4 members (excludes halogenated alkanes) is 1. The quantitative estimate of drug-likeness (QED) is 0.0474. The van der Waals surface area contributed by atoms with Crippen molar-refractivity contribution in [1.29, 1.82) is 0 Å². The van der Waals surface area contributed by atoms with Crippen molar-refractivity contribution in [3.8, 4) is 0 Å². The Balaban J connectivity index is 1.97. The Labute approximate surface area is 283 Å². The van der Waals surface area contributed by atoms with E-state index in [0.717, 1.165) is 16.7 Å². The van der Waals surface area contributed by atoms with Gasteiger partial charge < -0.3 is 33.2 Å². The van der Waals surface area contributed by atoms with Gasteiger partial charge in [0.1, 0.15) is 18.1 Å². The van der Waals surface area contributed by atoms with Crippen LogP contribution in [-0.2, 0) is 28.7 Å². The Morgan fingerprint density at radius 3 is 1.70 bits per heavy atom. The predicted octanol–water partition coefficient (Wildman–Crippen LogP) is 1.55. The van der Waals surface area contributed by atoms with Crippen LogP contribution in [0.25, 0.3) is 0 Å². The van der Waals surface area contributed by atoms with Crippen LogP contribution in [-0.4, -0.2) is 72.3 Å². The van der Waals surface area contributed by atoms with E-state index in [1.165, 1.54) is 11.8 Å². The monoisotopic (exact) mass is 680 g/mol. The second-order valence-corrected chi connectivity index (χ2v) is 12.3. The highest BCUT2D eigenvalue weighted by Gasteiger charge is 2.39. The number of alkyl halides is 1. The molecule has 47 heavy (non-hydrogen) atoms. The molecule has 3 aromatic carbocycles. The first-order valence-corrected chi connectivity index (χ1v) is 16.7. The van der Waals surface area contributed by atoms with Gasteiger partial charge in [0.2, 0.25) is 23.6 Å². The van der Waals surface area contributed by atoms with Crippen molar-refractivity contribution < 1.29 is 24.0 Å². The number of nitrogens with one attached hydrogen (secondary N) is 3. The summed E-state index contributed by atoms with van der Waals surface area (Å²) in [6.07, 6.45) is 1.47. The number of rotatable bonds is 19. The van der Waals surface area contributed by atoms with E-state index in [9.17, 15) is 24.0 Å². The van der Waals surface area contributed by atoms with Crippen molar-refractivity contribution in [2.75, 3.05) is 24.7 Å².